The summed E-state index contributed by atoms with van der Waals surface area (Å²) >= 11 is 0. The first kappa shape index (κ1) is 37.6. The van der Waals surface area contributed by atoms with E-state index in [9.17, 15) is 18.4 Å². The first-order valence-corrected chi connectivity index (χ1v) is 19.4. The zero-order valence-electron chi connectivity index (χ0n) is 32.1. The summed E-state index contributed by atoms with van der Waals surface area (Å²) in [5.41, 5.74) is 9.21. The molecule has 5 aromatic carbocycles. The van der Waals surface area contributed by atoms with Gasteiger partial charge in [0.05, 0.1) is 39.1 Å². The van der Waals surface area contributed by atoms with Gasteiger partial charge in [-0.3, -0.25) is 24.8 Å². The van der Waals surface area contributed by atoms with Gasteiger partial charge in [0, 0.05) is 17.3 Å². The lowest BCUT2D eigenvalue weighted by molar-refractivity contribution is 0.626. The number of aromatic nitrogens is 9. The van der Waals surface area contributed by atoms with Gasteiger partial charge in [0.25, 0.3) is 11.1 Å². The Morgan fingerprint density at radius 3 is 1.45 bits per heavy atom. The molecule has 13 heteroatoms. The smallest absolute Gasteiger partial charge is 0.277 e. The highest BCUT2D eigenvalue weighted by atomic mass is 19.1. The zero-order valence-corrected chi connectivity index (χ0v) is 32.1. The van der Waals surface area contributed by atoms with Crippen molar-refractivity contribution in [3.63, 3.8) is 0 Å². The number of rotatable bonds is 10. The fourth-order valence-corrected chi connectivity index (χ4v) is 7.20. The third kappa shape index (κ3) is 7.83. The number of nitrogens with one attached hydrogen (secondary N) is 4. The second kappa shape index (κ2) is 16.5. The van der Waals surface area contributed by atoms with Gasteiger partial charge in [-0.2, -0.15) is 9.36 Å². The third-order valence-electron chi connectivity index (χ3n) is 10.3. The molecular formula is C47H37F2N9O2. The molecule has 10 aromatic rings. The number of aryl methyl sites for hydroxylation is 2. The fourth-order valence-electron chi connectivity index (χ4n) is 7.20. The van der Waals surface area contributed by atoms with E-state index in [1.54, 1.807) is 30.5 Å². The lowest BCUT2D eigenvalue weighted by atomic mass is 10.0. The van der Waals surface area contributed by atoms with E-state index in [-0.39, 0.29) is 22.8 Å². The summed E-state index contributed by atoms with van der Waals surface area (Å²) in [7, 11) is 0. The number of imidazole rings is 2. The van der Waals surface area contributed by atoms with Crippen LogP contribution in [0, 0.1) is 11.6 Å². The average Bonchev–Trinajstić information content (AvgIpc) is 4.07. The normalized spacial score (nSPS) is 11.2. The van der Waals surface area contributed by atoms with Crippen LogP contribution in [0.3, 0.4) is 0 Å². The summed E-state index contributed by atoms with van der Waals surface area (Å²) < 4.78 is 29.3. The molecule has 5 heterocycles. The van der Waals surface area contributed by atoms with Crippen LogP contribution in [0.5, 0.6) is 0 Å². The highest BCUT2D eigenvalue weighted by Crippen LogP contribution is 2.24. The molecular weight excluding hydrogens is 761 g/mol. The SMILES string of the molecule is O=c1c(CCc2ccc(F)cc2)c(-c2ccccc2)[nH]n1-c1nc2ccccc2[nH]1.O=c1c(CCc2ccc(F)cc2)c(-c2ccccn2)[nH]n1-c1nc2ccccc2[nH]1. The number of aromatic amines is 4. The highest BCUT2D eigenvalue weighted by Gasteiger charge is 2.21. The van der Waals surface area contributed by atoms with Crippen molar-refractivity contribution in [3.05, 3.63) is 206 Å². The molecule has 0 fully saturated rings. The van der Waals surface area contributed by atoms with E-state index in [1.165, 1.54) is 33.6 Å². The van der Waals surface area contributed by atoms with Crippen molar-refractivity contribution in [3.8, 4) is 34.5 Å². The predicted molar refractivity (Wildman–Crippen MR) is 228 cm³/mol. The number of benzene rings is 5. The quantitative estimate of drug-likeness (QED) is 0.109. The standard InChI is InChI=1S/C24H19FN4O.C23H18FN5O/c25-18-13-10-16(11-14-18)12-15-19-22(17-6-2-1-3-7-17)28-29(23(19)30)24-26-20-8-4-5-9-21(20)27-24;24-16-11-8-15(9-12-16)10-13-17-21(20-7-3-4-14-25-20)28-29(22(17)30)23-26-18-5-1-2-6-19(18)27-23/h1-11,13-14,28H,12,15H2,(H,26,27);1-9,11-12,14,28H,10,13H2,(H,26,27). The van der Waals surface area contributed by atoms with Gasteiger partial charge in [-0.1, -0.05) is 84.9 Å². The van der Waals surface area contributed by atoms with Crippen molar-refractivity contribution in [2.75, 3.05) is 0 Å². The van der Waals surface area contributed by atoms with Gasteiger partial charge in [-0.15, -0.1) is 0 Å². The molecule has 0 saturated heterocycles. The van der Waals surface area contributed by atoms with E-state index in [2.05, 4.69) is 35.1 Å². The summed E-state index contributed by atoms with van der Waals surface area (Å²) in [4.78, 5) is 46.5. The minimum Gasteiger partial charge on any atom is -0.322 e. The number of H-pyrrole nitrogens is 4. The minimum absolute atomic E-state index is 0.143. The Hall–Kier alpha value is -7.93. The molecule has 0 radical (unpaired) electrons. The highest BCUT2D eigenvalue weighted by molar-refractivity contribution is 5.77. The van der Waals surface area contributed by atoms with Crippen molar-refractivity contribution in [1.29, 1.82) is 0 Å². The van der Waals surface area contributed by atoms with E-state index in [0.29, 0.717) is 60.1 Å². The summed E-state index contributed by atoms with van der Waals surface area (Å²) in [6.07, 6.45) is 3.94. The predicted octanol–water partition coefficient (Wildman–Crippen LogP) is 8.66. The Bertz CT molecular complexity index is 2880. The Labute approximate surface area is 341 Å². The maximum absolute atomic E-state index is 13.3. The number of fused-ring (bicyclic) bond motifs is 2. The fraction of sp³-hybridized carbons (Fsp3) is 0.0851. The maximum atomic E-state index is 13.3. The number of halogens is 2. The summed E-state index contributed by atoms with van der Waals surface area (Å²) in [5, 5.41) is 6.42. The molecule has 296 valence electrons. The Morgan fingerprint density at radius 1 is 0.483 bits per heavy atom. The molecule has 0 aliphatic carbocycles. The van der Waals surface area contributed by atoms with Gasteiger partial charge < -0.3 is 9.97 Å². The number of para-hydroxylation sites is 4. The van der Waals surface area contributed by atoms with Gasteiger partial charge in [-0.05, 0) is 103 Å². The van der Waals surface area contributed by atoms with Crippen LogP contribution in [-0.4, -0.2) is 44.5 Å². The van der Waals surface area contributed by atoms with Crippen molar-refractivity contribution in [1.82, 2.24) is 44.5 Å². The van der Waals surface area contributed by atoms with Crippen molar-refractivity contribution < 1.29 is 8.78 Å². The van der Waals surface area contributed by atoms with Crippen molar-refractivity contribution in [2.45, 2.75) is 25.7 Å². The van der Waals surface area contributed by atoms with E-state index < -0.39 is 0 Å². The molecule has 0 spiro atoms. The molecule has 0 aliphatic heterocycles. The van der Waals surface area contributed by atoms with Crippen LogP contribution in [0.1, 0.15) is 22.3 Å². The lowest BCUT2D eigenvalue weighted by Gasteiger charge is -2.03. The average molecular weight is 798 g/mol. The monoisotopic (exact) mass is 797 g/mol. The molecule has 10 rings (SSSR count). The van der Waals surface area contributed by atoms with Crippen LogP contribution < -0.4 is 11.1 Å². The van der Waals surface area contributed by atoms with Gasteiger partial charge in [-0.25, -0.2) is 18.7 Å². The van der Waals surface area contributed by atoms with E-state index in [0.717, 1.165) is 44.5 Å². The van der Waals surface area contributed by atoms with E-state index in [1.807, 2.05) is 97.1 Å². The van der Waals surface area contributed by atoms with Gasteiger partial charge in [0.2, 0.25) is 11.9 Å². The molecule has 5 aromatic heterocycles. The van der Waals surface area contributed by atoms with Crippen LogP contribution in [0.25, 0.3) is 56.6 Å². The molecule has 11 nitrogen and oxygen atoms in total. The number of pyridine rings is 1. The van der Waals surface area contributed by atoms with Crippen LogP contribution in [0.15, 0.2) is 161 Å². The number of nitrogens with zero attached hydrogens (tertiary/aromatic N) is 5. The van der Waals surface area contributed by atoms with Crippen LogP contribution in [0.2, 0.25) is 0 Å². The van der Waals surface area contributed by atoms with Crippen LogP contribution >= 0.6 is 0 Å². The van der Waals surface area contributed by atoms with Gasteiger partial charge in [0.1, 0.15) is 11.6 Å². The molecule has 0 bridgehead atoms. The van der Waals surface area contributed by atoms with Gasteiger partial charge in [0.15, 0.2) is 0 Å². The molecule has 0 amide bonds. The first-order valence-electron chi connectivity index (χ1n) is 19.4. The Balaban J connectivity index is 0.000000154. The third-order valence-corrected chi connectivity index (χ3v) is 10.3. The number of hydrogen-bond acceptors (Lipinski definition) is 5. The molecule has 0 saturated carbocycles. The van der Waals surface area contributed by atoms with E-state index >= 15 is 0 Å². The summed E-state index contributed by atoms with van der Waals surface area (Å²) in [6.45, 7) is 0. The molecule has 60 heavy (non-hydrogen) atoms. The minimum atomic E-state index is -0.276. The number of hydrogen-bond donors (Lipinski definition) is 4. The van der Waals surface area contributed by atoms with E-state index in [4.69, 9.17) is 0 Å². The lowest BCUT2D eigenvalue weighted by Crippen LogP contribution is -2.18. The Morgan fingerprint density at radius 2 is 0.950 bits per heavy atom. The maximum Gasteiger partial charge on any atom is 0.277 e. The van der Waals surface area contributed by atoms with Crippen LogP contribution in [0.4, 0.5) is 8.78 Å². The zero-order chi connectivity index (χ0) is 41.0. The van der Waals surface area contributed by atoms with Crippen molar-refractivity contribution in [2.24, 2.45) is 0 Å². The molecule has 4 N–H and O–H groups in total. The van der Waals surface area contributed by atoms with Crippen molar-refractivity contribution >= 4 is 22.1 Å². The topological polar surface area (TPSA) is 146 Å². The summed E-state index contributed by atoms with van der Waals surface area (Å²) in [6, 6.07) is 43.3. The first-order chi connectivity index (χ1) is 29.4. The molecule has 0 atom stereocenters. The Kier molecular flexibility index (Phi) is 10.4. The van der Waals surface area contributed by atoms with Crippen LogP contribution in [-0.2, 0) is 25.7 Å². The molecule has 0 unspecified atom stereocenters. The second-order valence-electron chi connectivity index (χ2n) is 14.2. The largest absolute Gasteiger partial charge is 0.322 e. The second-order valence-corrected chi connectivity index (χ2v) is 14.2. The summed E-state index contributed by atoms with van der Waals surface area (Å²) in [5.74, 6) is 0.331. The molecule has 0 aliphatic rings. The van der Waals surface area contributed by atoms with Gasteiger partial charge >= 0.3 is 0 Å².